The summed E-state index contributed by atoms with van der Waals surface area (Å²) in [6.45, 7) is 11.2. The molecule has 0 aromatic heterocycles. The van der Waals surface area contributed by atoms with Gasteiger partial charge in [0.25, 0.3) is 0 Å². The van der Waals surface area contributed by atoms with Crippen molar-refractivity contribution in [1.29, 1.82) is 0 Å². The van der Waals surface area contributed by atoms with Gasteiger partial charge in [0.1, 0.15) is 17.7 Å². The number of hydrogen-bond donors (Lipinski definition) is 2. The van der Waals surface area contributed by atoms with Gasteiger partial charge >= 0.3 is 12.1 Å². The van der Waals surface area contributed by atoms with Crippen LogP contribution in [0, 0.1) is 5.92 Å². The molecule has 0 fully saturated rings. The van der Waals surface area contributed by atoms with Gasteiger partial charge in [-0.25, -0.2) is 9.59 Å². The highest BCUT2D eigenvalue weighted by Crippen LogP contribution is 2.09. The summed E-state index contributed by atoms with van der Waals surface area (Å²) >= 11 is 0. The predicted molar refractivity (Wildman–Crippen MR) is 117 cm³/mol. The van der Waals surface area contributed by atoms with Crippen molar-refractivity contribution < 1.29 is 28.6 Å². The summed E-state index contributed by atoms with van der Waals surface area (Å²) in [6.07, 6.45) is -0.332. The molecule has 2 amide bonds. The van der Waals surface area contributed by atoms with Crippen molar-refractivity contribution in [3.63, 3.8) is 0 Å². The smallest absolute Gasteiger partial charge is 0.408 e. The van der Waals surface area contributed by atoms with Crippen LogP contribution in [0.25, 0.3) is 0 Å². The third kappa shape index (κ3) is 11.4. The van der Waals surface area contributed by atoms with E-state index in [1.807, 2.05) is 44.2 Å². The average Bonchev–Trinajstić information content (AvgIpc) is 2.65. The van der Waals surface area contributed by atoms with E-state index in [1.165, 1.54) is 0 Å². The second-order valence-corrected chi connectivity index (χ2v) is 8.64. The SMILES string of the molecule is CCOC(=O)[C@H](CC(C)C)NC(=O)[C@H](COCc1ccccc1)NC(=O)OC(C)(C)C. The van der Waals surface area contributed by atoms with E-state index < -0.39 is 35.7 Å². The molecule has 0 aliphatic rings. The van der Waals surface area contributed by atoms with E-state index in [0.29, 0.717) is 6.42 Å². The van der Waals surface area contributed by atoms with Gasteiger partial charge in [-0.15, -0.1) is 0 Å². The number of carbonyl (C=O) groups excluding carboxylic acids is 3. The molecule has 31 heavy (non-hydrogen) atoms. The maximum atomic E-state index is 12.9. The number of carbonyl (C=O) groups is 3. The fraction of sp³-hybridized carbons (Fsp3) is 0.609. The third-order valence-corrected chi connectivity index (χ3v) is 4.00. The molecule has 1 rings (SSSR count). The van der Waals surface area contributed by atoms with Crippen LogP contribution in [0.5, 0.6) is 0 Å². The molecule has 2 atom stereocenters. The minimum atomic E-state index is -1.04. The van der Waals surface area contributed by atoms with Crippen LogP contribution in [0.1, 0.15) is 53.5 Å². The van der Waals surface area contributed by atoms with E-state index in [-0.39, 0.29) is 25.7 Å². The Morgan fingerprint density at radius 3 is 2.19 bits per heavy atom. The Balaban J connectivity index is 2.85. The summed E-state index contributed by atoms with van der Waals surface area (Å²) in [4.78, 5) is 37.4. The Labute approximate surface area is 185 Å². The van der Waals surface area contributed by atoms with Crippen molar-refractivity contribution in [3.8, 4) is 0 Å². The molecule has 0 spiro atoms. The summed E-state index contributed by atoms with van der Waals surface area (Å²) < 4.78 is 16.0. The van der Waals surface area contributed by atoms with E-state index in [1.54, 1.807) is 27.7 Å². The number of nitrogens with one attached hydrogen (secondary N) is 2. The normalized spacial score (nSPS) is 13.3. The topological polar surface area (TPSA) is 103 Å². The van der Waals surface area contributed by atoms with E-state index >= 15 is 0 Å². The highest BCUT2D eigenvalue weighted by molar-refractivity contribution is 5.89. The summed E-state index contributed by atoms with van der Waals surface area (Å²) in [5, 5.41) is 5.23. The monoisotopic (exact) mass is 436 g/mol. The number of alkyl carbamates (subject to hydrolysis) is 1. The largest absolute Gasteiger partial charge is 0.464 e. The van der Waals surface area contributed by atoms with Crippen LogP contribution in [0.2, 0.25) is 0 Å². The zero-order chi connectivity index (χ0) is 23.4. The van der Waals surface area contributed by atoms with Gasteiger partial charge < -0.3 is 24.8 Å². The molecule has 0 aliphatic heterocycles. The minimum Gasteiger partial charge on any atom is -0.464 e. The van der Waals surface area contributed by atoms with Gasteiger partial charge in [-0.1, -0.05) is 44.2 Å². The molecule has 0 saturated heterocycles. The Kier molecular flexibility index (Phi) is 11.0. The molecule has 0 radical (unpaired) electrons. The Morgan fingerprint density at radius 1 is 1.00 bits per heavy atom. The molecule has 8 heteroatoms. The van der Waals surface area contributed by atoms with Crippen molar-refractivity contribution in [2.24, 2.45) is 5.92 Å². The van der Waals surface area contributed by atoms with Gasteiger partial charge in [-0.05, 0) is 45.6 Å². The van der Waals surface area contributed by atoms with Crippen LogP contribution in [0.4, 0.5) is 4.79 Å². The Bertz CT molecular complexity index is 700. The molecule has 0 aliphatic carbocycles. The predicted octanol–water partition coefficient (Wildman–Crippen LogP) is 3.19. The van der Waals surface area contributed by atoms with Crippen LogP contribution >= 0.6 is 0 Å². The molecule has 8 nitrogen and oxygen atoms in total. The highest BCUT2D eigenvalue weighted by Gasteiger charge is 2.29. The standard InChI is InChI=1S/C23H36N2O6/c1-7-30-21(27)18(13-16(2)3)24-20(26)19(25-22(28)31-23(4,5)6)15-29-14-17-11-9-8-10-12-17/h8-12,16,18-19H,7,13-15H2,1-6H3,(H,24,26)(H,25,28)/t18-,19-/m0/s1. The van der Waals surface area contributed by atoms with Crippen LogP contribution < -0.4 is 10.6 Å². The summed E-state index contributed by atoms with van der Waals surface area (Å²) in [6, 6.07) is 7.61. The number of benzene rings is 1. The first-order valence-corrected chi connectivity index (χ1v) is 10.6. The maximum Gasteiger partial charge on any atom is 0.408 e. The van der Waals surface area contributed by atoms with E-state index in [4.69, 9.17) is 14.2 Å². The average molecular weight is 437 g/mol. The molecule has 2 N–H and O–H groups in total. The van der Waals surface area contributed by atoms with Crippen LogP contribution in [0.15, 0.2) is 30.3 Å². The first kappa shape index (κ1) is 26.4. The quantitative estimate of drug-likeness (QED) is 0.517. The zero-order valence-corrected chi connectivity index (χ0v) is 19.4. The molecule has 0 heterocycles. The van der Waals surface area contributed by atoms with Gasteiger partial charge in [-0.3, -0.25) is 4.79 Å². The Morgan fingerprint density at radius 2 is 1.65 bits per heavy atom. The van der Waals surface area contributed by atoms with Gasteiger partial charge in [0, 0.05) is 0 Å². The summed E-state index contributed by atoms with van der Waals surface area (Å²) in [5.41, 5.74) is 0.212. The molecular weight excluding hydrogens is 400 g/mol. The molecule has 0 bridgehead atoms. The summed E-state index contributed by atoms with van der Waals surface area (Å²) in [7, 11) is 0. The van der Waals surface area contributed by atoms with Gasteiger partial charge in [0.15, 0.2) is 0 Å². The van der Waals surface area contributed by atoms with E-state index in [2.05, 4.69) is 10.6 Å². The first-order chi connectivity index (χ1) is 14.5. The van der Waals surface area contributed by atoms with Crippen LogP contribution in [0.3, 0.4) is 0 Å². The maximum absolute atomic E-state index is 12.9. The molecule has 174 valence electrons. The minimum absolute atomic E-state index is 0.0861. The second kappa shape index (κ2) is 12.9. The summed E-state index contributed by atoms with van der Waals surface area (Å²) in [5.74, 6) is -0.898. The van der Waals surface area contributed by atoms with Gasteiger partial charge in [0.2, 0.25) is 5.91 Å². The lowest BCUT2D eigenvalue weighted by Gasteiger charge is -2.25. The zero-order valence-electron chi connectivity index (χ0n) is 19.4. The lowest BCUT2D eigenvalue weighted by atomic mass is 10.0. The van der Waals surface area contributed by atoms with Crippen LogP contribution in [-0.2, 0) is 30.4 Å². The van der Waals surface area contributed by atoms with E-state index in [0.717, 1.165) is 5.56 Å². The van der Waals surface area contributed by atoms with Crippen molar-refractivity contribution in [1.82, 2.24) is 10.6 Å². The van der Waals surface area contributed by atoms with Crippen LogP contribution in [-0.4, -0.2) is 48.9 Å². The molecule has 1 aromatic rings. The lowest BCUT2D eigenvalue weighted by Crippen LogP contribution is -2.54. The number of ether oxygens (including phenoxy) is 3. The number of amides is 2. The number of rotatable bonds is 11. The highest BCUT2D eigenvalue weighted by atomic mass is 16.6. The third-order valence-electron chi connectivity index (χ3n) is 4.00. The fourth-order valence-electron chi connectivity index (χ4n) is 2.70. The van der Waals surface area contributed by atoms with E-state index in [9.17, 15) is 14.4 Å². The molecule has 1 aromatic carbocycles. The lowest BCUT2D eigenvalue weighted by molar-refractivity contribution is -0.148. The molecule has 0 saturated carbocycles. The van der Waals surface area contributed by atoms with Crippen molar-refractivity contribution in [2.75, 3.05) is 13.2 Å². The van der Waals surface area contributed by atoms with Gasteiger partial charge in [0.05, 0.1) is 19.8 Å². The first-order valence-electron chi connectivity index (χ1n) is 10.6. The molecule has 0 unspecified atom stereocenters. The molecular formula is C23H36N2O6. The van der Waals surface area contributed by atoms with Crippen molar-refractivity contribution in [2.45, 2.75) is 72.3 Å². The number of hydrogen-bond acceptors (Lipinski definition) is 6. The second-order valence-electron chi connectivity index (χ2n) is 8.64. The number of esters is 1. The van der Waals surface area contributed by atoms with Gasteiger partial charge in [-0.2, -0.15) is 0 Å². The van der Waals surface area contributed by atoms with Crippen molar-refractivity contribution in [3.05, 3.63) is 35.9 Å². The van der Waals surface area contributed by atoms with Crippen molar-refractivity contribution >= 4 is 18.0 Å². The Hall–Kier alpha value is -2.61. The fourth-order valence-corrected chi connectivity index (χ4v) is 2.70.